The minimum Gasteiger partial charge on any atom is -0.347 e. The van der Waals surface area contributed by atoms with E-state index in [1.165, 1.54) is 51.4 Å². The van der Waals surface area contributed by atoms with Gasteiger partial charge in [0.2, 0.25) is 0 Å². The molecule has 0 aromatic rings. The van der Waals surface area contributed by atoms with Crippen LogP contribution in [0.2, 0.25) is 0 Å². The van der Waals surface area contributed by atoms with E-state index in [9.17, 15) is 0 Å². The molecule has 0 N–H and O–H groups in total. The predicted molar refractivity (Wildman–Crippen MR) is 72.1 cm³/mol. The summed E-state index contributed by atoms with van der Waals surface area (Å²) >= 11 is 0. The molecule has 2 atom stereocenters. The molecule has 1 fully saturated rings. The van der Waals surface area contributed by atoms with Gasteiger partial charge in [-0.25, -0.2) is 0 Å². The molecule has 2 nitrogen and oxygen atoms in total. The maximum atomic E-state index is 6.05. The second-order valence-electron chi connectivity index (χ2n) is 5.21. The monoisotopic (exact) mass is 242 g/mol. The third kappa shape index (κ3) is 5.39. The average molecular weight is 242 g/mol. The molecule has 0 saturated carbocycles. The zero-order valence-corrected chi connectivity index (χ0v) is 11.9. The van der Waals surface area contributed by atoms with E-state index in [4.69, 9.17) is 9.47 Å². The highest BCUT2D eigenvalue weighted by atomic mass is 16.7. The number of unbranched alkanes of at least 4 members (excludes halogenated alkanes) is 3. The molecule has 102 valence electrons. The first-order chi connectivity index (χ1) is 8.31. The Balaban J connectivity index is 2.34. The minimum atomic E-state index is 0.0821. The van der Waals surface area contributed by atoms with Crippen molar-refractivity contribution in [1.82, 2.24) is 0 Å². The summed E-state index contributed by atoms with van der Waals surface area (Å²) in [6.45, 7) is 6.70. The quantitative estimate of drug-likeness (QED) is 0.585. The average Bonchev–Trinajstić information content (AvgIpc) is 2.73. The van der Waals surface area contributed by atoms with Gasteiger partial charge in [-0.05, 0) is 25.7 Å². The summed E-state index contributed by atoms with van der Waals surface area (Å²) in [6.07, 6.45) is 11.7. The van der Waals surface area contributed by atoms with Gasteiger partial charge in [0.15, 0.2) is 6.29 Å². The summed E-state index contributed by atoms with van der Waals surface area (Å²) in [6, 6.07) is 0. The van der Waals surface area contributed by atoms with Crippen molar-refractivity contribution in [2.45, 2.75) is 97.1 Å². The van der Waals surface area contributed by atoms with Gasteiger partial charge in [-0.3, -0.25) is 0 Å². The van der Waals surface area contributed by atoms with Crippen LogP contribution in [-0.2, 0) is 9.47 Å². The molecule has 0 amide bonds. The van der Waals surface area contributed by atoms with Crippen LogP contribution in [0.15, 0.2) is 0 Å². The van der Waals surface area contributed by atoms with Crippen molar-refractivity contribution in [3.05, 3.63) is 0 Å². The van der Waals surface area contributed by atoms with Crippen molar-refractivity contribution in [2.24, 2.45) is 0 Å². The van der Waals surface area contributed by atoms with E-state index < -0.39 is 0 Å². The van der Waals surface area contributed by atoms with E-state index in [0.717, 1.165) is 6.42 Å². The fraction of sp³-hybridized carbons (Fsp3) is 1.00. The highest BCUT2D eigenvalue weighted by Gasteiger charge is 2.34. The number of ether oxygens (including phenoxy) is 2. The van der Waals surface area contributed by atoms with E-state index in [1.807, 2.05) is 0 Å². The van der Waals surface area contributed by atoms with E-state index in [2.05, 4.69) is 20.8 Å². The highest BCUT2D eigenvalue weighted by Crippen LogP contribution is 2.29. The fourth-order valence-corrected chi connectivity index (χ4v) is 2.42. The molecule has 0 aromatic carbocycles. The van der Waals surface area contributed by atoms with Crippen molar-refractivity contribution in [2.75, 3.05) is 0 Å². The molecule has 1 heterocycles. The molecule has 1 aliphatic rings. The second-order valence-corrected chi connectivity index (χ2v) is 5.21. The molecule has 0 aliphatic carbocycles. The summed E-state index contributed by atoms with van der Waals surface area (Å²) < 4.78 is 12.1. The van der Waals surface area contributed by atoms with Crippen LogP contribution in [0.25, 0.3) is 0 Å². The van der Waals surface area contributed by atoms with Crippen LogP contribution in [0, 0.1) is 0 Å². The molecule has 1 saturated heterocycles. The summed E-state index contributed by atoms with van der Waals surface area (Å²) in [5.41, 5.74) is 0. The molecule has 0 radical (unpaired) electrons. The Morgan fingerprint density at radius 3 is 1.47 bits per heavy atom. The third-order valence-corrected chi connectivity index (χ3v) is 3.55. The van der Waals surface area contributed by atoms with Gasteiger partial charge < -0.3 is 9.47 Å². The van der Waals surface area contributed by atoms with E-state index in [0.29, 0.717) is 12.2 Å². The molecule has 2 unspecified atom stereocenters. The zero-order chi connectivity index (χ0) is 12.5. The van der Waals surface area contributed by atoms with E-state index >= 15 is 0 Å². The smallest absolute Gasteiger partial charge is 0.158 e. The van der Waals surface area contributed by atoms with Gasteiger partial charge >= 0.3 is 0 Å². The molecule has 2 heteroatoms. The van der Waals surface area contributed by atoms with Gasteiger partial charge in [0.05, 0.1) is 12.2 Å². The molecular weight excluding hydrogens is 212 g/mol. The molecule has 1 rings (SSSR count). The van der Waals surface area contributed by atoms with Crippen molar-refractivity contribution >= 4 is 0 Å². The SMILES string of the molecule is CCCCC1OC(CCCC)C(CCCC)O1. The van der Waals surface area contributed by atoms with Gasteiger partial charge in [0.25, 0.3) is 0 Å². The first kappa shape index (κ1) is 15.0. The summed E-state index contributed by atoms with van der Waals surface area (Å²) in [5, 5.41) is 0. The summed E-state index contributed by atoms with van der Waals surface area (Å²) in [5.74, 6) is 0. The van der Waals surface area contributed by atoms with Gasteiger partial charge in [0, 0.05) is 0 Å². The normalized spacial score (nSPS) is 28.8. The summed E-state index contributed by atoms with van der Waals surface area (Å²) in [4.78, 5) is 0. The topological polar surface area (TPSA) is 18.5 Å². The van der Waals surface area contributed by atoms with Gasteiger partial charge in [0.1, 0.15) is 0 Å². The largest absolute Gasteiger partial charge is 0.347 e. The lowest BCUT2D eigenvalue weighted by Crippen LogP contribution is -2.22. The van der Waals surface area contributed by atoms with Crippen LogP contribution in [0.1, 0.15) is 78.6 Å². The molecular formula is C15H30O2. The molecule has 0 aromatic heterocycles. The van der Waals surface area contributed by atoms with Crippen LogP contribution in [0.4, 0.5) is 0 Å². The third-order valence-electron chi connectivity index (χ3n) is 3.55. The maximum absolute atomic E-state index is 6.05. The first-order valence-electron chi connectivity index (χ1n) is 7.62. The number of hydrogen-bond acceptors (Lipinski definition) is 2. The van der Waals surface area contributed by atoms with E-state index in [1.54, 1.807) is 0 Å². The molecule has 17 heavy (non-hydrogen) atoms. The number of hydrogen-bond donors (Lipinski definition) is 0. The standard InChI is InChI=1S/C15H30O2/c1-4-7-10-13-14(11-8-5-2)17-15(16-13)12-9-6-3/h13-15H,4-12H2,1-3H3. The lowest BCUT2D eigenvalue weighted by Gasteiger charge is -2.15. The Hall–Kier alpha value is -0.0800. The minimum absolute atomic E-state index is 0.0821. The van der Waals surface area contributed by atoms with Crippen molar-refractivity contribution in [3.8, 4) is 0 Å². The second kappa shape index (κ2) is 8.93. The van der Waals surface area contributed by atoms with E-state index in [-0.39, 0.29) is 6.29 Å². The lowest BCUT2D eigenvalue weighted by molar-refractivity contribution is -0.0727. The lowest BCUT2D eigenvalue weighted by atomic mass is 10.0. The molecule has 1 aliphatic heterocycles. The predicted octanol–water partition coefficient (Wildman–Crippen LogP) is 4.67. The van der Waals surface area contributed by atoms with Crippen LogP contribution < -0.4 is 0 Å². The van der Waals surface area contributed by atoms with Crippen molar-refractivity contribution in [3.63, 3.8) is 0 Å². The maximum Gasteiger partial charge on any atom is 0.158 e. The van der Waals surface area contributed by atoms with Gasteiger partial charge in [-0.1, -0.05) is 52.9 Å². The van der Waals surface area contributed by atoms with Crippen LogP contribution in [0.3, 0.4) is 0 Å². The molecule has 0 spiro atoms. The van der Waals surface area contributed by atoms with Crippen molar-refractivity contribution in [1.29, 1.82) is 0 Å². The first-order valence-corrected chi connectivity index (χ1v) is 7.62. The highest BCUT2D eigenvalue weighted by molar-refractivity contribution is 4.77. The molecule has 0 bridgehead atoms. The fourth-order valence-electron chi connectivity index (χ4n) is 2.42. The van der Waals surface area contributed by atoms with Crippen LogP contribution in [0.5, 0.6) is 0 Å². The Morgan fingerprint density at radius 1 is 0.647 bits per heavy atom. The summed E-state index contributed by atoms with van der Waals surface area (Å²) in [7, 11) is 0. The van der Waals surface area contributed by atoms with Crippen LogP contribution in [-0.4, -0.2) is 18.5 Å². The van der Waals surface area contributed by atoms with Gasteiger partial charge in [-0.15, -0.1) is 0 Å². The Kier molecular flexibility index (Phi) is 7.87. The number of rotatable bonds is 9. The Morgan fingerprint density at radius 2 is 1.06 bits per heavy atom. The van der Waals surface area contributed by atoms with Crippen molar-refractivity contribution < 1.29 is 9.47 Å². The van der Waals surface area contributed by atoms with Crippen LogP contribution >= 0.6 is 0 Å². The Labute approximate surface area is 107 Å². The Bertz CT molecular complexity index is 166. The van der Waals surface area contributed by atoms with Gasteiger partial charge in [-0.2, -0.15) is 0 Å². The zero-order valence-electron chi connectivity index (χ0n) is 11.9.